The van der Waals surface area contributed by atoms with Crippen LogP contribution in [0.15, 0.2) is 53.5 Å². The molecule has 3 aromatic heterocycles. The number of nitrogens with zero attached hydrogens (tertiary/aromatic N) is 3. The van der Waals surface area contributed by atoms with Crippen molar-refractivity contribution in [1.29, 1.82) is 0 Å². The molecule has 0 saturated carbocycles. The predicted molar refractivity (Wildman–Crippen MR) is 83.2 cm³/mol. The fraction of sp³-hybridized carbons (Fsp3) is 0.133. The zero-order chi connectivity index (χ0) is 14.7. The number of rotatable bonds is 4. The third-order valence-corrected chi connectivity index (χ3v) is 3.52. The molecular weight excluding hydrogens is 332 g/mol. The van der Waals surface area contributed by atoms with E-state index in [1.54, 1.807) is 24.5 Å². The summed E-state index contributed by atoms with van der Waals surface area (Å²) in [5, 5.41) is 2.87. The van der Waals surface area contributed by atoms with E-state index in [1.807, 2.05) is 28.9 Å². The Morgan fingerprint density at radius 3 is 3.00 bits per heavy atom. The molecule has 0 aliphatic carbocycles. The number of aromatic nitrogens is 3. The molecule has 1 amide bonds. The molecule has 0 atom stereocenters. The van der Waals surface area contributed by atoms with Crippen LogP contribution in [-0.4, -0.2) is 26.8 Å². The van der Waals surface area contributed by atoms with Gasteiger partial charge in [0.2, 0.25) is 0 Å². The molecule has 106 valence electrons. The van der Waals surface area contributed by atoms with Gasteiger partial charge in [-0.15, -0.1) is 0 Å². The molecule has 21 heavy (non-hydrogen) atoms. The van der Waals surface area contributed by atoms with Gasteiger partial charge in [-0.2, -0.15) is 0 Å². The van der Waals surface area contributed by atoms with E-state index < -0.39 is 0 Å². The lowest BCUT2D eigenvalue weighted by Crippen LogP contribution is -2.25. The minimum atomic E-state index is -0.116. The van der Waals surface area contributed by atoms with Gasteiger partial charge in [-0.3, -0.25) is 9.78 Å². The normalized spacial score (nSPS) is 10.7. The van der Waals surface area contributed by atoms with Crippen LogP contribution >= 0.6 is 15.9 Å². The maximum absolute atomic E-state index is 11.9. The third kappa shape index (κ3) is 3.28. The first-order valence-electron chi connectivity index (χ1n) is 6.54. The Labute approximate surface area is 130 Å². The molecule has 0 unspecified atom stereocenters. The number of carbonyl (C=O) groups excluding carboxylic acids is 1. The molecule has 1 N–H and O–H groups in total. The number of halogens is 1. The van der Waals surface area contributed by atoms with E-state index in [0.717, 1.165) is 15.8 Å². The summed E-state index contributed by atoms with van der Waals surface area (Å²) in [6.07, 6.45) is 7.81. The highest BCUT2D eigenvalue weighted by molar-refractivity contribution is 9.10. The number of pyridine rings is 2. The van der Waals surface area contributed by atoms with Crippen molar-refractivity contribution < 1.29 is 4.79 Å². The van der Waals surface area contributed by atoms with Gasteiger partial charge >= 0.3 is 0 Å². The Kier molecular flexibility index (Phi) is 3.96. The zero-order valence-electron chi connectivity index (χ0n) is 11.2. The molecule has 0 aliphatic heterocycles. The number of imidazole rings is 1. The van der Waals surface area contributed by atoms with E-state index in [0.29, 0.717) is 18.5 Å². The van der Waals surface area contributed by atoms with E-state index in [2.05, 4.69) is 31.2 Å². The molecular formula is C15H13BrN4O. The van der Waals surface area contributed by atoms with Gasteiger partial charge in [0.15, 0.2) is 0 Å². The Bertz CT molecular complexity index is 770. The molecule has 0 radical (unpaired) electrons. The van der Waals surface area contributed by atoms with Crippen molar-refractivity contribution >= 4 is 27.5 Å². The van der Waals surface area contributed by atoms with Crippen LogP contribution in [0.4, 0.5) is 0 Å². The number of amides is 1. The average Bonchev–Trinajstić information content (AvgIpc) is 2.89. The second-order valence-electron chi connectivity index (χ2n) is 4.59. The standard InChI is InChI=1S/C15H13BrN4O/c16-12-3-4-14-19-13(10-20(14)9-12)5-7-18-15(21)11-2-1-6-17-8-11/h1-4,6,8-10H,5,7H2,(H,18,21). The fourth-order valence-corrected chi connectivity index (χ4v) is 2.39. The van der Waals surface area contributed by atoms with Crippen LogP contribution in [0.25, 0.3) is 5.65 Å². The summed E-state index contributed by atoms with van der Waals surface area (Å²) < 4.78 is 2.96. The van der Waals surface area contributed by atoms with Gasteiger partial charge in [-0.25, -0.2) is 4.98 Å². The highest BCUT2D eigenvalue weighted by Crippen LogP contribution is 2.12. The van der Waals surface area contributed by atoms with E-state index >= 15 is 0 Å². The summed E-state index contributed by atoms with van der Waals surface area (Å²) in [5.74, 6) is -0.116. The maximum atomic E-state index is 11.9. The molecule has 0 fully saturated rings. The first-order valence-corrected chi connectivity index (χ1v) is 7.33. The number of hydrogen-bond donors (Lipinski definition) is 1. The highest BCUT2D eigenvalue weighted by atomic mass is 79.9. The van der Waals surface area contributed by atoms with Crippen LogP contribution in [0.5, 0.6) is 0 Å². The number of fused-ring (bicyclic) bond motifs is 1. The maximum Gasteiger partial charge on any atom is 0.252 e. The van der Waals surface area contributed by atoms with Crippen molar-refractivity contribution in [1.82, 2.24) is 19.7 Å². The lowest BCUT2D eigenvalue weighted by molar-refractivity contribution is 0.0953. The summed E-state index contributed by atoms with van der Waals surface area (Å²) in [6.45, 7) is 0.540. The SMILES string of the molecule is O=C(NCCc1cn2cc(Br)ccc2n1)c1cccnc1. The molecule has 0 spiro atoms. The molecule has 0 aromatic carbocycles. The van der Waals surface area contributed by atoms with Crippen molar-refractivity contribution in [2.45, 2.75) is 6.42 Å². The van der Waals surface area contributed by atoms with E-state index in [4.69, 9.17) is 0 Å². The topological polar surface area (TPSA) is 59.3 Å². The Morgan fingerprint density at radius 1 is 1.29 bits per heavy atom. The summed E-state index contributed by atoms with van der Waals surface area (Å²) >= 11 is 3.43. The molecule has 0 aliphatic rings. The summed E-state index contributed by atoms with van der Waals surface area (Å²) in [5.41, 5.74) is 2.41. The zero-order valence-corrected chi connectivity index (χ0v) is 12.7. The number of nitrogens with one attached hydrogen (secondary N) is 1. The molecule has 6 heteroatoms. The van der Waals surface area contributed by atoms with Crippen LogP contribution in [0.1, 0.15) is 16.1 Å². The van der Waals surface area contributed by atoms with Gasteiger partial charge < -0.3 is 9.72 Å². The van der Waals surface area contributed by atoms with Crippen molar-refractivity contribution in [2.75, 3.05) is 6.54 Å². The van der Waals surface area contributed by atoms with Crippen LogP contribution in [0, 0.1) is 0 Å². The Hall–Kier alpha value is -2.21. The largest absolute Gasteiger partial charge is 0.352 e. The minimum Gasteiger partial charge on any atom is -0.352 e. The van der Waals surface area contributed by atoms with Crippen molar-refractivity contribution in [3.63, 3.8) is 0 Å². The third-order valence-electron chi connectivity index (χ3n) is 3.06. The van der Waals surface area contributed by atoms with Gasteiger partial charge in [-0.1, -0.05) is 0 Å². The van der Waals surface area contributed by atoms with Crippen molar-refractivity contribution in [2.24, 2.45) is 0 Å². The van der Waals surface area contributed by atoms with E-state index in [1.165, 1.54) is 0 Å². The van der Waals surface area contributed by atoms with Crippen molar-refractivity contribution in [3.8, 4) is 0 Å². The van der Waals surface area contributed by atoms with Gasteiger partial charge in [0, 0.05) is 42.2 Å². The second-order valence-corrected chi connectivity index (χ2v) is 5.51. The second kappa shape index (κ2) is 6.05. The lowest BCUT2D eigenvalue weighted by atomic mass is 10.2. The summed E-state index contributed by atoms with van der Waals surface area (Å²) in [4.78, 5) is 20.3. The number of carbonyl (C=O) groups is 1. The molecule has 0 bridgehead atoms. The molecule has 3 rings (SSSR count). The highest BCUT2D eigenvalue weighted by Gasteiger charge is 2.06. The van der Waals surface area contributed by atoms with Gasteiger partial charge in [-0.05, 0) is 40.2 Å². The van der Waals surface area contributed by atoms with E-state index in [9.17, 15) is 4.79 Å². The van der Waals surface area contributed by atoms with Crippen LogP contribution in [0.2, 0.25) is 0 Å². The lowest BCUT2D eigenvalue weighted by Gasteiger charge is -2.02. The molecule has 3 heterocycles. The van der Waals surface area contributed by atoms with Crippen LogP contribution < -0.4 is 5.32 Å². The number of hydrogen-bond acceptors (Lipinski definition) is 3. The predicted octanol–water partition coefficient (Wildman–Crippen LogP) is 2.46. The molecule has 3 aromatic rings. The van der Waals surface area contributed by atoms with Gasteiger partial charge in [0.25, 0.3) is 5.91 Å². The minimum absolute atomic E-state index is 0.116. The monoisotopic (exact) mass is 344 g/mol. The summed E-state index contributed by atoms with van der Waals surface area (Å²) in [6, 6.07) is 7.39. The van der Waals surface area contributed by atoms with Crippen LogP contribution in [0.3, 0.4) is 0 Å². The van der Waals surface area contributed by atoms with E-state index in [-0.39, 0.29) is 5.91 Å². The average molecular weight is 345 g/mol. The quantitative estimate of drug-likeness (QED) is 0.790. The summed E-state index contributed by atoms with van der Waals surface area (Å²) in [7, 11) is 0. The fourth-order valence-electron chi connectivity index (χ4n) is 2.04. The van der Waals surface area contributed by atoms with Gasteiger partial charge in [0.05, 0.1) is 11.3 Å². The first-order chi connectivity index (χ1) is 10.2. The Balaban J connectivity index is 1.60. The first kappa shape index (κ1) is 13.8. The molecule has 5 nitrogen and oxygen atoms in total. The van der Waals surface area contributed by atoms with Crippen molar-refractivity contribution in [3.05, 3.63) is 64.8 Å². The molecule has 0 saturated heterocycles. The van der Waals surface area contributed by atoms with Gasteiger partial charge in [0.1, 0.15) is 5.65 Å². The Morgan fingerprint density at radius 2 is 2.19 bits per heavy atom. The van der Waals surface area contributed by atoms with Crippen LogP contribution in [-0.2, 0) is 6.42 Å². The smallest absolute Gasteiger partial charge is 0.252 e.